The molecule has 1 saturated heterocycles. The van der Waals surface area contributed by atoms with E-state index in [4.69, 9.17) is 10.00 Å². The van der Waals surface area contributed by atoms with E-state index < -0.39 is 0 Å². The standard InChI is InChI=1S/C12H13BrN2O/c1-12(7-16-8-12)6-15-11-3-2-10(13)4-9(11)5-14/h2-4,15H,6-8H2,1H3. The van der Waals surface area contributed by atoms with Gasteiger partial charge in [-0.05, 0) is 18.2 Å². The molecule has 1 aromatic carbocycles. The van der Waals surface area contributed by atoms with Gasteiger partial charge in [-0.15, -0.1) is 0 Å². The summed E-state index contributed by atoms with van der Waals surface area (Å²) >= 11 is 3.35. The topological polar surface area (TPSA) is 45.0 Å². The van der Waals surface area contributed by atoms with Gasteiger partial charge in [0.25, 0.3) is 0 Å². The number of benzene rings is 1. The van der Waals surface area contributed by atoms with E-state index in [9.17, 15) is 0 Å². The first kappa shape index (κ1) is 11.4. The Morgan fingerprint density at radius 3 is 2.88 bits per heavy atom. The molecule has 0 bridgehead atoms. The van der Waals surface area contributed by atoms with Crippen molar-refractivity contribution in [3.8, 4) is 6.07 Å². The maximum Gasteiger partial charge on any atom is 0.101 e. The predicted molar refractivity (Wildman–Crippen MR) is 66.3 cm³/mol. The molecule has 1 N–H and O–H groups in total. The number of anilines is 1. The van der Waals surface area contributed by atoms with E-state index in [1.807, 2.05) is 18.2 Å². The number of nitrogens with zero attached hydrogens (tertiary/aromatic N) is 1. The van der Waals surface area contributed by atoms with Crippen LogP contribution in [0.2, 0.25) is 0 Å². The molecule has 0 saturated carbocycles. The number of nitriles is 1. The third-order valence-electron chi connectivity index (χ3n) is 2.71. The smallest absolute Gasteiger partial charge is 0.101 e. The number of hydrogen-bond acceptors (Lipinski definition) is 3. The summed E-state index contributed by atoms with van der Waals surface area (Å²) in [7, 11) is 0. The number of rotatable bonds is 3. The first-order chi connectivity index (χ1) is 7.63. The van der Waals surface area contributed by atoms with Crippen LogP contribution in [-0.2, 0) is 4.74 Å². The maximum absolute atomic E-state index is 9.01. The van der Waals surface area contributed by atoms with Gasteiger partial charge in [-0.25, -0.2) is 0 Å². The summed E-state index contributed by atoms with van der Waals surface area (Å²) in [6, 6.07) is 7.86. The molecule has 0 aliphatic carbocycles. The Morgan fingerprint density at radius 2 is 2.31 bits per heavy atom. The summed E-state index contributed by atoms with van der Waals surface area (Å²) in [5.74, 6) is 0. The normalized spacial score (nSPS) is 17.3. The minimum atomic E-state index is 0.208. The first-order valence-corrected chi connectivity index (χ1v) is 5.94. The third kappa shape index (κ3) is 2.37. The van der Waals surface area contributed by atoms with Crippen molar-refractivity contribution >= 4 is 21.6 Å². The van der Waals surface area contributed by atoms with Gasteiger partial charge in [-0.3, -0.25) is 0 Å². The van der Waals surface area contributed by atoms with Crippen molar-refractivity contribution < 1.29 is 4.74 Å². The van der Waals surface area contributed by atoms with Crippen LogP contribution in [0.25, 0.3) is 0 Å². The van der Waals surface area contributed by atoms with E-state index in [1.165, 1.54) is 0 Å². The molecule has 0 atom stereocenters. The van der Waals surface area contributed by atoms with E-state index in [1.54, 1.807) is 0 Å². The van der Waals surface area contributed by atoms with Crippen LogP contribution < -0.4 is 5.32 Å². The molecule has 0 aromatic heterocycles. The Labute approximate surface area is 104 Å². The van der Waals surface area contributed by atoms with Gasteiger partial charge in [0.2, 0.25) is 0 Å². The average Bonchev–Trinajstić information content (AvgIpc) is 2.24. The molecule has 0 unspecified atom stereocenters. The molecule has 4 heteroatoms. The highest BCUT2D eigenvalue weighted by molar-refractivity contribution is 9.10. The van der Waals surface area contributed by atoms with E-state index >= 15 is 0 Å². The fourth-order valence-electron chi connectivity index (χ4n) is 1.62. The van der Waals surface area contributed by atoms with Crippen molar-refractivity contribution in [1.82, 2.24) is 0 Å². The zero-order valence-electron chi connectivity index (χ0n) is 9.09. The fraction of sp³-hybridized carbons (Fsp3) is 0.417. The molecule has 3 nitrogen and oxygen atoms in total. The molecule has 1 aromatic rings. The number of nitrogens with one attached hydrogen (secondary N) is 1. The summed E-state index contributed by atoms with van der Waals surface area (Å²) in [4.78, 5) is 0. The third-order valence-corrected chi connectivity index (χ3v) is 3.20. The van der Waals surface area contributed by atoms with Crippen LogP contribution in [-0.4, -0.2) is 19.8 Å². The zero-order chi connectivity index (χ0) is 11.6. The van der Waals surface area contributed by atoms with Crippen molar-refractivity contribution in [2.45, 2.75) is 6.92 Å². The highest BCUT2D eigenvalue weighted by atomic mass is 79.9. The highest BCUT2D eigenvalue weighted by Gasteiger charge is 2.33. The Morgan fingerprint density at radius 1 is 1.56 bits per heavy atom. The van der Waals surface area contributed by atoms with Gasteiger partial charge in [0.15, 0.2) is 0 Å². The summed E-state index contributed by atoms with van der Waals surface area (Å²) in [6.45, 7) is 4.59. The number of hydrogen-bond donors (Lipinski definition) is 1. The molecule has 2 rings (SSSR count). The summed E-state index contributed by atoms with van der Waals surface area (Å²) in [5, 5.41) is 12.3. The van der Waals surface area contributed by atoms with Crippen molar-refractivity contribution in [1.29, 1.82) is 5.26 Å². The Hall–Kier alpha value is -1.05. The van der Waals surface area contributed by atoms with Crippen LogP contribution in [0.1, 0.15) is 12.5 Å². The van der Waals surface area contributed by atoms with E-state index in [0.717, 1.165) is 29.9 Å². The lowest BCUT2D eigenvalue weighted by atomic mass is 9.88. The lowest BCUT2D eigenvalue weighted by molar-refractivity contribution is -0.0924. The second kappa shape index (κ2) is 4.44. The number of ether oxygens (including phenoxy) is 1. The second-order valence-corrected chi connectivity index (χ2v) is 5.37. The van der Waals surface area contributed by atoms with Gasteiger partial charge < -0.3 is 10.1 Å². The second-order valence-electron chi connectivity index (χ2n) is 4.46. The van der Waals surface area contributed by atoms with Gasteiger partial charge >= 0.3 is 0 Å². The summed E-state index contributed by atoms with van der Waals surface area (Å²) in [5.41, 5.74) is 1.76. The van der Waals surface area contributed by atoms with Gasteiger partial charge in [0.1, 0.15) is 6.07 Å². The van der Waals surface area contributed by atoms with Gasteiger partial charge in [-0.1, -0.05) is 22.9 Å². The first-order valence-electron chi connectivity index (χ1n) is 5.14. The molecule has 1 aliphatic heterocycles. The van der Waals surface area contributed by atoms with Crippen LogP contribution in [0, 0.1) is 16.7 Å². The molecule has 1 fully saturated rings. The molecule has 0 spiro atoms. The molecule has 0 radical (unpaired) electrons. The van der Waals surface area contributed by atoms with Crippen molar-refractivity contribution in [2.75, 3.05) is 25.1 Å². The van der Waals surface area contributed by atoms with E-state index in [0.29, 0.717) is 5.56 Å². The summed E-state index contributed by atoms with van der Waals surface area (Å²) in [6.07, 6.45) is 0. The zero-order valence-corrected chi connectivity index (χ0v) is 10.7. The van der Waals surface area contributed by atoms with Crippen molar-refractivity contribution in [2.24, 2.45) is 5.41 Å². The molecular formula is C12H13BrN2O. The summed E-state index contributed by atoms with van der Waals surface area (Å²) < 4.78 is 6.11. The minimum Gasteiger partial charge on any atom is -0.383 e. The van der Waals surface area contributed by atoms with Crippen LogP contribution in [0.4, 0.5) is 5.69 Å². The largest absolute Gasteiger partial charge is 0.383 e. The SMILES string of the molecule is CC1(CNc2ccc(Br)cc2C#N)COC1. The fourth-order valence-corrected chi connectivity index (χ4v) is 1.99. The monoisotopic (exact) mass is 280 g/mol. The maximum atomic E-state index is 9.01. The number of halogens is 1. The van der Waals surface area contributed by atoms with Crippen LogP contribution in [0.15, 0.2) is 22.7 Å². The lowest BCUT2D eigenvalue weighted by Gasteiger charge is -2.38. The molecule has 1 aliphatic rings. The Balaban J connectivity index is 2.07. The average molecular weight is 281 g/mol. The predicted octanol–water partition coefficient (Wildman–Crippen LogP) is 2.77. The van der Waals surface area contributed by atoms with Crippen LogP contribution >= 0.6 is 15.9 Å². The molecule has 0 amide bonds. The van der Waals surface area contributed by atoms with Gasteiger partial charge in [0, 0.05) is 16.4 Å². The Bertz CT molecular complexity index is 435. The lowest BCUT2D eigenvalue weighted by Crippen LogP contribution is -2.45. The van der Waals surface area contributed by atoms with E-state index in [-0.39, 0.29) is 5.41 Å². The van der Waals surface area contributed by atoms with Crippen molar-refractivity contribution in [3.05, 3.63) is 28.2 Å². The molecule has 16 heavy (non-hydrogen) atoms. The van der Waals surface area contributed by atoms with Crippen LogP contribution in [0.5, 0.6) is 0 Å². The highest BCUT2D eigenvalue weighted by Crippen LogP contribution is 2.28. The molecule has 1 heterocycles. The molecular weight excluding hydrogens is 268 g/mol. The minimum absolute atomic E-state index is 0.208. The van der Waals surface area contributed by atoms with E-state index in [2.05, 4.69) is 34.2 Å². The molecule has 84 valence electrons. The Kier molecular flexibility index (Phi) is 3.17. The quantitative estimate of drug-likeness (QED) is 0.926. The van der Waals surface area contributed by atoms with Gasteiger partial charge in [0.05, 0.1) is 24.5 Å². The van der Waals surface area contributed by atoms with Gasteiger partial charge in [-0.2, -0.15) is 5.26 Å². The van der Waals surface area contributed by atoms with Crippen LogP contribution in [0.3, 0.4) is 0 Å². The van der Waals surface area contributed by atoms with Crippen molar-refractivity contribution in [3.63, 3.8) is 0 Å².